The van der Waals surface area contributed by atoms with E-state index in [1.54, 1.807) is 14.2 Å². The van der Waals surface area contributed by atoms with Gasteiger partial charge in [-0.25, -0.2) is 0 Å². The largest absolute Gasteiger partial charge is 0.383 e. The molecule has 0 heterocycles. The molecular formula is C11H24N2O2. The van der Waals surface area contributed by atoms with Crippen molar-refractivity contribution in [3.8, 4) is 0 Å². The molecule has 4 heteroatoms. The molecule has 0 fully saturated rings. The summed E-state index contributed by atoms with van der Waals surface area (Å²) in [7, 11) is 3.35. The highest BCUT2D eigenvalue weighted by atomic mass is 16.5. The van der Waals surface area contributed by atoms with Crippen LogP contribution in [0.1, 0.15) is 20.8 Å². The van der Waals surface area contributed by atoms with Crippen LogP contribution < -0.4 is 0 Å². The standard InChI is InChI=1S/C11H24N2O2/c1-11(2,3)10(12)13(6-8-14-4)7-9-15-5/h12H,6-9H2,1-5H3. The molecule has 1 N–H and O–H groups in total. The predicted molar refractivity (Wildman–Crippen MR) is 62.5 cm³/mol. The molecule has 0 saturated heterocycles. The van der Waals surface area contributed by atoms with Gasteiger partial charge in [-0.2, -0.15) is 0 Å². The summed E-state index contributed by atoms with van der Waals surface area (Å²) in [6.45, 7) is 8.90. The molecule has 0 atom stereocenters. The zero-order valence-corrected chi connectivity index (χ0v) is 10.6. The summed E-state index contributed by atoms with van der Waals surface area (Å²) in [5.74, 6) is 0.636. The van der Waals surface area contributed by atoms with Gasteiger partial charge in [-0.15, -0.1) is 0 Å². The maximum Gasteiger partial charge on any atom is 0.101 e. The molecule has 0 rings (SSSR count). The van der Waals surface area contributed by atoms with Gasteiger partial charge in [0.1, 0.15) is 5.84 Å². The molecule has 0 bridgehead atoms. The van der Waals surface area contributed by atoms with Crippen LogP contribution in [-0.2, 0) is 9.47 Å². The van der Waals surface area contributed by atoms with Gasteiger partial charge >= 0.3 is 0 Å². The maximum absolute atomic E-state index is 8.07. The number of hydrogen-bond acceptors (Lipinski definition) is 3. The third-order valence-corrected chi connectivity index (χ3v) is 2.16. The topological polar surface area (TPSA) is 45.6 Å². The van der Waals surface area contributed by atoms with Crippen molar-refractivity contribution in [1.29, 1.82) is 5.41 Å². The number of ether oxygens (including phenoxy) is 2. The summed E-state index contributed by atoms with van der Waals surface area (Å²) in [4.78, 5) is 2.01. The summed E-state index contributed by atoms with van der Waals surface area (Å²) in [6.07, 6.45) is 0. The second-order valence-electron chi connectivity index (χ2n) is 4.57. The molecule has 90 valence electrons. The van der Waals surface area contributed by atoms with Crippen LogP contribution in [0, 0.1) is 10.8 Å². The lowest BCUT2D eigenvalue weighted by Gasteiger charge is -2.32. The Morgan fingerprint density at radius 1 is 1.07 bits per heavy atom. The van der Waals surface area contributed by atoms with E-state index in [-0.39, 0.29) is 5.41 Å². The number of hydrogen-bond donors (Lipinski definition) is 1. The highest BCUT2D eigenvalue weighted by Crippen LogP contribution is 2.17. The van der Waals surface area contributed by atoms with Crippen LogP contribution in [-0.4, -0.2) is 51.3 Å². The third-order valence-electron chi connectivity index (χ3n) is 2.16. The van der Waals surface area contributed by atoms with Crippen LogP contribution in [0.25, 0.3) is 0 Å². The minimum absolute atomic E-state index is 0.124. The van der Waals surface area contributed by atoms with Gasteiger partial charge in [0.2, 0.25) is 0 Å². The van der Waals surface area contributed by atoms with Crippen molar-refractivity contribution >= 4 is 5.84 Å². The molecule has 0 unspecified atom stereocenters. The van der Waals surface area contributed by atoms with Gasteiger partial charge in [0.05, 0.1) is 13.2 Å². The van der Waals surface area contributed by atoms with E-state index in [1.807, 2.05) is 25.7 Å². The van der Waals surface area contributed by atoms with Crippen molar-refractivity contribution in [2.24, 2.45) is 5.41 Å². The number of rotatable bonds is 6. The highest BCUT2D eigenvalue weighted by Gasteiger charge is 2.22. The molecule has 0 aliphatic rings. The minimum atomic E-state index is -0.124. The molecule has 0 aliphatic heterocycles. The fourth-order valence-corrected chi connectivity index (χ4v) is 1.21. The summed E-state index contributed by atoms with van der Waals surface area (Å²) >= 11 is 0. The maximum atomic E-state index is 8.07. The number of amidine groups is 1. The summed E-state index contributed by atoms with van der Waals surface area (Å²) in [5, 5.41) is 8.07. The van der Waals surface area contributed by atoms with Gasteiger partial charge < -0.3 is 14.4 Å². The van der Waals surface area contributed by atoms with E-state index < -0.39 is 0 Å². The Labute approximate surface area is 93.1 Å². The predicted octanol–water partition coefficient (Wildman–Crippen LogP) is 1.60. The number of nitrogens with one attached hydrogen (secondary N) is 1. The lowest BCUT2D eigenvalue weighted by molar-refractivity contribution is 0.141. The monoisotopic (exact) mass is 216 g/mol. The Morgan fingerprint density at radius 3 is 1.73 bits per heavy atom. The fourth-order valence-electron chi connectivity index (χ4n) is 1.21. The van der Waals surface area contributed by atoms with E-state index in [0.29, 0.717) is 19.0 Å². The lowest BCUT2D eigenvalue weighted by Crippen LogP contribution is -2.42. The Kier molecular flexibility index (Phi) is 6.52. The smallest absolute Gasteiger partial charge is 0.101 e. The van der Waals surface area contributed by atoms with Crippen molar-refractivity contribution in [1.82, 2.24) is 4.90 Å². The van der Waals surface area contributed by atoms with Crippen molar-refractivity contribution in [3.05, 3.63) is 0 Å². The molecular weight excluding hydrogens is 192 g/mol. The quantitative estimate of drug-likeness (QED) is 0.542. The Morgan fingerprint density at radius 2 is 1.47 bits per heavy atom. The Balaban J connectivity index is 4.27. The van der Waals surface area contributed by atoms with Crippen LogP contribution in [0.3, 0.4) is 0 Å². The second-order valence-corrected chi connectivity index (χ2v) is 4.57. The molecule has 4 nitrogen and oxygen atoms in total. The van der Waals surface area contributed by atoms with Crippen molar-refractivity contribution < 1.29 is 9.47 Å². The average Bonchev–Trinajstić information content (AvgIpc) is 2.16. The first kappa shape index (κ1) is 14.4. The van der Waals surface area contributed by atoms with E-state index in [0.717, 1.165) is 13.1 Å². The van der Waals surface area contributed by atoms with Gasteiger partial charge in [0, 0.05) is 32.7 Å². The van der Waals surface area contributed by atoms with Crippen molar-refractivity contribution in [3.63, 3.8) is 0 Å². The van der Waals surface area contributed by atoms with Gasteiger partial charge in [0.25, 0.3) is 0 Å². The molecule has 0 aromatic heterocycles. The van der Waals surface area contributed by atoms with Crippen LogP contribution in [0.4, 0.5) is 0 Å². The van der Waals surface area contributed by atoms with E-state index in [2.05, 4.69) is 0 Å². The SMILES string of the molecule is COCCN(CCOC)C(=N)C(C)(C)C. The first-order chi connectivity index (χ1) is 6.93. The van der Waals surface area contributed by atoms with Crippen molar-refractivity contribution in [2.45, 2.75) is 20.8 Å². The average molecular weight is 216 g/mol. The van der Waals surface area contributed by atoms with Crippen LogP contribution in [0.5, 0.6) is 0 Å². The van der Waals surface area contributed by atoms with E-state index in [1.165, 1.54) is 0 Å². The molecule has 0 aromatic carbocycles. The summed E-state index contributed by atoms with van der Waals surface area (Å²) in [5.41, 5.74) is -0.124. The zero-order valence-electron chi connectivity index (χ0n) is 10.6. The molecule has 0 radical (unpaired) electrons. The lowest BCUT2D eigenvalue weighted by atomic mass is 9.94. The Bertz CT molecular complexity index is 180. The molecule has 0 spiro atoms. The molecule has 0 aliphatic carbocycles. The molecule has 15 heavy (non-hydrogen) atoms. The van der Waals surface area contributed by atoms with Crippen LogP contribution >= 0.6 is 0 Å². The van der Waals surface area contributed by atoms with Crippen molar-refractivity contribution in [2.75, 3.05) is 40.5 Å². The van der Waals surface area contributed by atoms with Gasteiger partial charge in [0.15, 0.2) is 0 Å². The molecule has 0 amide bonds. The summed E-state index contributed by atoms with van der Waals surface area (Å²) < 4.78 is 10.1. The third kappa shape index (κ3) is 5.74. The van der Waals surface area contributed by atoms with Crippen LogP contribution in [0.15, 0.2) is 0 Å². The second kappa shape index (κ2) is 6.80. The Hall–Kier alpha value is -0.610. The van der Waals surface area contributed by atoms with Crippen LogP contribution in [0.2, 0.25) is 0 Å². The van der Waals surface area contributed by atoms with E-state index in [4.69, 9.17) is 14.9 Å². The zero-order chi connectivity index (χ0) is 11.9. The summed E-state index contributed by atoms with van der Waals surface area (Å²) in [6, 6.07) is 0. The highest BCUT2D eigenvalue weighted by molar-refractivity contribution is 5.84. The van der Waals surface area contributed by atoms with Gasteiger partial charge in [-0.05, 0) is 0 Å². The molecule has 0 saturated carbocycles. The first-order valence-electron chi connectivity index (χ1n) is 5.25. The van der Waals surface area contributed by atoms with E-state index in [9.17, 15) is 0 Å². The van der Waals surface area contributed by atoms with Gasteiger partial charge in [-0.3, -0.25) is 5.41 Å². The van der Waals surface area contributed by atoms with E-state index >= 15 is 0 Å². The number of methoxy groups -OCH3 is 2. The van der Waals surface area contributed by atoms with Gasteiger partial charge in [-0.1, -0.05) is 20.8 Å². The minimum Gasteiger partial charge on any atom is -0.383 e. The molecule has 0 aromatic rings. The normalized spacial score (nSPS) is 11.5. The number of nitrogens with zero attached hydrogens (tertiary/aromatic N) is 1. The fraction of sp³-hybridized carbons (Fsp3) is 0.909. The first-order valence-corrected chi connectivity index (χ1v) is 5.25.